The van der Waals surface area contributed by atoms with E-state index in [1.54, 1.807) is 0 Å². The number of ether oxygens (including phenoxy) is 1. The van der Waals surface area contributed by atoms with Crippen LogP contribution in [-0.2, 0) is 0 Å². The summed E-state index contributed by atoms with van der Waals surface area (Å²) >= 11 is 0.823. The van der Waals surface area contributed by atoms with Crippen LogP contribution in [0.15, 0.2) is 6.08 Å². The lowest BCUT2D eigenvalue weighted by atomic mass is 10.1. The van der Waals surface area contributed by atoms with Gasteiger partial charge in [-0.3, -0.25) is 0 Å². The standard InChI is InChI=1S/C14H23N3OS/c1-3-4-5-6-10-18-14-13(15-19-16-14)12-8-7-9-17(2)11-12/h8H,3-7,9-11H2,1-2H3/i1D3,3D2,4D2,5D2,6D2. The van der Waals surface area contributed by atoms with Crippen LogP contribution in [0.2, 0.25) is 0 Å². The van der Waals surface area contributed by atoms with Gasteiger partial charge >= 0.3 is 0 Å². The minimum absolute atomic E-state index is 0.0411. The van der Waals surface area contributed by atoms with Crippen LogP contribution in [0.4, 0.5) is 0 Å². The van der Waals surface area contributed by atoms with E-state index in [0.717, 1.165) is 30.3 Å². The maximum atomic E-state index is 8.03. The Labute approximate surface area is 135 Å². The fraction of sp³-hybridized carbons (Fsp3) is 0.714. The average molecular weight is 292 g/mol. The first-order valence-corrected chi connectivity index (χ1v) is 6.52. The average Bonchev–Trinajstić information content (AvgIpc) is 3.07. The Morgan fingerprint density at radius 3 is 3.26 bits per heavy atom. The van der Waals surface area contributed by atoms with E-state index in [9.17, 15) is 0 Å². The van der Waals surface area contributed by atoms with Crippen molar-refractivity contribution in [1.29, 1.82) is 0 Å². The predicted octanol–water partition coefficient (Wildman–Crippen LogP) is 3.22. The van der Waals surface area contributed by atoms with Crippen molar-refractivity contribution in [2.75, 3.05) is 26.7 Å². The number of hydrogen-bond acceptors (Lipinski definition) is 5. The molecule has 5 heteroatoms. The van der Waals surface area contributed by atoms with Crippen molar-refractivity contribution in [3.05, 3.63) is 11.8 Å². The minimum atomic E-state index is -3.70. The molecule has 0 saturated carbocycles. The van der Waals surface area contributed by atoms with E-state index in [-0.39, 0.29) is 5.88 Å². The Morgan fingerprint density at radius 2 is 2.42 bits per heavy atom. The van der Waals surface area contributed by atoms with Crippen LogP contribution >= 0.6 is 11.7 Å². The summed E-state index contributed by atoms with van der Waals surface area (Å²) in [5, 5.41) is 0. The third-order valence-electron chi connectivity index (χ3n) is 2.60. The van der Waals surface area contributed by atoms with E-state index in [1.807, 2.05) is 18.0 Å². The number of likely N-dealkylation sites (N-methyl/N-ethyl adjacent to an activating group) is 1. The molecular formula is C14H23N3OS. The third-order valence-corrected chi connectivity index (χ3v) is 3.11. The van der Waals surface area contributed by atoms with E-state index >= 15 is 0 Å². The SMILES string of the molecule is [2H]C([2H])([2H])C([2H])([2H])C([2H])([2H])C([2H])([2H])C([2H])([2H])COc1nsnc1C1=CCCN(C)C1. The number of nitrogens with zero attached hydrogens (tertiary/aromatic N) is 3. The molecule has 4 nitrogen and oxygen atoms in total. The van der Waals surface area contributed by atoms with Crippen molar-refractivity contribution in [1.82, 2.24) is 13.6 Å². The molecule has 0 amide bonds. The van der Waals surface area contributed by atoms with Gasteiger partial charge in [0.05, 0.1) is 18.3 Å². The first-order valence-electron chi connectivity index (χ1n) is 11.3. The second kappa shape index (κ2) is 7.60. The summed E-state index contributed by atoms with van der Waals surface area (Å²) in [7, 11) is 1.92. The van der Waals surface area contributed by atoms with Gasteiger partial charge in [0.15, 0.2) is 0 Å². The molecule has 2 rings (SSSR count). The van der Waals surface area contributed by atoms with Gasteiger partial charge in [0, 0.05) is 28.2 Å². The summed E-state index contributed by atoms with van der Waals surface area (Å²) in [6.45, 7) is -3.10. The number of rotatable bonds is 7. The molecule has 0 fully saturated rings. The minimum Gasteiger partial charge on any atom is -0.475 e. The summed E-state index contributed by atoms with van der Waals surface area (Å²) in [6.07, 6.45) is -11.3. The molecule has 0 bridgehead atoms. The quantitative estimate of drug-likeness (QED) is 0.773. The summed E-state index contributed by atoms with van der Waals surface area (Å²) < 4.78 is 98.0. The van der Waals surface area contributed by atoms with Gasteiger partial charge in [-0.25, -0.2) is 0 Å². The van der Waals surface area contributed by atoms with Crippen molar-refractivity contribution in [3.63, 3.8) is 0 Å². The van der Waals surface area contributed by atoms with Crippen LogP contribution in [-0.4, -0.2) is 40.4 Å². The molecule has 2 heterocycles. The van der Waals surface area contributed by atoms with Gasteiger partial charge in [0.2, 0.25) is 0 Å². The lowest BCUT2D eigenvalue weighted by Crippen LogP contribution is -2.25. The maximum absolute atomic E-state index is 8.03. The zero-order valence-corrected chi connectivity index (χ0v) is 11.4. The van der Waals surface area contributed by atoms with Crippen molar-refractivity contribution in [3.8, 4) is 5.88 Å². The smallest absolute Gasteiger partial charge is 0.253 e. The summed E-state index contributed by atoms with van der Waals surface area (Å²) in [6, 6.07) is 0. The normalized spacial score (nSPS) is 28.7. The van der Waals surface area contributed by atoms with Crippen molar-refractivity contribution in [2.45, 2.75) is 38.8 Å². The molecule has 1 aliphatic rings. The molecule has 0 radical (unpaired) electrons. The van der Waals surface area contributed by atoms with E-state index in [4.69, 9.17) is 19.8 Å². The molecule has 0 aromatic carbocycles. The number of aromatic nitrogens is 2. The molecule has 1 aromatic rings. The first kappa shape index (κ1) is 5.82. The van der Waals surface area contributed by atoms with Gasteiger partial charge in [-0.05, 0) is 25.4 Å². The van der Waals surface area contributed by atoms with Gasteiger partial charge in [0.25, 0.3) is 5.88 Å². The number of hydrogen-bond donors (Lipinski definition) is 0. The molecule has 0 N–H and O–H groups in total. The third kappa shape index (κ3) is 4.28. The summed E-state index contributed by atoms with van der Waals surface area (Å²) in [5.41, 5.74) is 1.19. The molecule has 0 unspecified atom stereocenters. The van der Waals surface area contributed by atoms with Crippen LogP contribution in [0.5, 0.6) is 5.88 Å². The molecule has 1 aromatic heterocycles. The molecule has 0 atom stereocenters. The van der Waals surface area contributed by atoms with Gasteiger partial charge in [-0.1, -0.05) is 32.0 Å². The van der Waals surface area contributed by atoms with Crippen LogP contribution in [0, 0.1) is 0 Å². The highest BCUT2D eigenvalue weighted by molar-refractivity contribution is 6.99. The maximum Gasteiger partial charge on any atom is 0.253 e. The van der Waals surface area contributed by atoms with E-state index in [1.165, 1.54) is 0 Å². The molecule has 1 aliphatic heterocycles. The fourth-order valence-corrected chi connectivity index (χ4v) is 2.28. The topological polar surface area (TPSA) is 38.3 Å². The Kier molecular flexibility index (Phi) is 2.33. The second-order valence-corrected chi connectivity index (χ2v) is 4.54. The van der Waals surface area contributed by atoms with Crippen LogP contribution in [0.25, 0.3) is 5.57 Å². The Hall–Kier alpha value is -0.940. The summed E-state index contributed by atoms with van der Waals surface area (Å²) in [5.74, 6) is -0.0411. The Balaban J connectivity index is 2.25. The molecule has 0 spiro atoms. The predicted molar refractivity (Wildman–Crippen MR) is 79.6 cm³/mol. The lowest BCUT2D eigenvalue weighted by Gasteiger charge is -2.22. The van der Waals surface area contributed by atoms with Crippen molar-refractivity contribution >= 4 is 17.3 Å². The highest BCUT2D eigenvalue weighted by Gasteiger charge is 2.18. The monoisotopic (exact) mass is 292 g/mol. The molecule has 106 valence electrons. The van der Waals surface area contributed by atoms with E-state index in [0.29, 0.717) is 12.2 Å². The lowest BCUT2D eigenvalue weighted by molar-refractivity contribution is 0.294. The molecule has 19 heavy (non-hydrogen) atoms. The Bertz CT molecular complexity index is 790. The van der Waals surface area contributed by atoms with Gasteiger partial charge in [0.1, 0.15) is 5.69 Å². The zero-order chi connectivity index (χ0) is 23.2. The van der Waals surface area contributed by atoms with Gasteiger partial charge in [-0.2, -0.15) is 4.37 Å². The molecule has 0 aliphatic carbocycles. The largest absolute Gasteiger partial charge is 0.475 e. The van der Waals surface area contributed by atoms with Crippen LogP contribution in [0.3, 0.4) is 0 Å². The van der Waals surface area contributed by atoms with Crippen molar-refractivity contribution in [2.24, 2.45) is 0 Å². The van der Waals surface area contributed by atoms with Crippen LogP contribution in [0.1, 0.15) is 59.5 Å². The summed E-state index contributed by atoms with van der Waals surface area (Å²) in [4.78, 5) is 2.04. The molecule has 0 saturated heterocycles. The Morgan fingerprint density at radius 1 is 1.47 bits per heavy atom. The van der Waals surface area contributed by atoms with Gasteiger partial charge < -0.3 is 9.64 Å². The zero-order valence-electron chi connectivity index (χ0n) is 21.6. The van der Waals surface area contributed by atoms with Gasteiger partial charge in [-0.15, -0.1) is 4.37 Å². The first-order chi connectivity index (χ1) is 13.5. The van der Waals surface area contributed by atoms with E-state index in [2.05, 4.69) is 8.75 Å². The second-order valence-electron chi connectivity index (χ2n) is 4.01. The van der Waals surface area contributed by atoms with Crippen molar-refractivity contribution < 1.29 is 19.8 Å². The highest BCUT2D eigenvalue weighted by Crippen LogP contribution is 2.27. The highest BCUT2D eigenvalue weighted by atomic mass is 32.1. The van der Waals surface area contributed by atoms with E-state index < -0.39 is 39.0 Å². The molecular weight excluding hydrogens is 258 g/mol. The fourth-order valence-electron chi connectivity index (χ4n) is 1.75. The van der Waals surface area contributed by atoms with Crippen LogP contribution < -0.4 is 4.74 Å².